The fourth-order valence-electron chi connectivity index (χ4n) is 2.17. The second-order valence-electron chi connectivity index (χ2n) is 4.94. The third kappa shape index (κ3) is 4.52. The molecule has 1 unspecified atom stereocenters. The number of hydrogen-bond acceptors (Lipinski definition) is 5. The van der Waals surface area contributed by atoms with E-state index >= 15 is 0 Å². The van der Waals surface area contributed by atoms with Crippen molar-refractivity contribution in [2.45, 2.75) is 5.75 Å². The molecule has 0 heterocycles. The Morgan fingerprint density at radius 1 is 1.00 bits per heavy atom. The van der Waals surface area contributed by atoms with Crippen LogP contribution in [0.4, 0.5) is 0 Å². The molecule has 0 aliphatic carbocycles. The Kier molecular flexibility index (Phi) is 6.26. The number of benzene rings is 2. The maximum absolute atomic E-state index is 12.3. The van der Waals surface area contributed by atoms with E-state index in [-0.39, 0.29) is 5.75 Å². The Bertz CT molecular complexity index is 713. The van der Waals surface area contributed by atoms with Crippen LogP contribution in [0.5, 0.6) is 23.0 Å². The van der Waals surface area contributed by atoms with Crippen molar-refractivity contribution >= 4 is 16.9 Å². The Hall–Kier alpha value is -2.47. The molecule has 128 valence electrons. The van der Waals surface area contributed by atoms with Gasteiger partial charge in [0, 0.05) is 17.5 Å². The van der Waals surface area contributed by atoms with Gasteiger partial charge in [-0.25, -0.2) is 0 Å². The molecule has 1 atom stereocenters. The summed E-state index contributed by atoms with van der Waals surface area (Å²) in [6.07, 6.45) is 1.68. The second-order valence-corrected chi connectivity index (χ2v) is 6.26. The highest BCUT2D eigenvalue weighted by atomic mass is 32.2. The van der Waals surface area contributed by atoms with Crippen LogP contribution in [-0.2, 0) is 16.6 Å². The minimum absolute atomic E-state index is 0.0419. The molecule has 0 saturated heterocycles. The van der Waals surface area contributed by atoms with Crippen LogP contribution in [0.15, 0.2) is 41.8 Å². The molecular formula is C18H20O5S. The van der Waals surface area contributed by atoms with Crippen molar-refractivity contribution in [3.63, 3.8) is 0 Å². The summed E-state index contributed by atoms with van der Waals surface area (Å²) in [7, 11) is 3.40. The molecule has 0 fully saturated rings. The molecule has 2 rings (SSSR count). The zero-order valence-electron chi connectivity index (χ0n) is 13.8. The Morgan fingerprint density at radius 2 is 1.58 bits per heavy atom. The Labute approximate surface area is 143 Å². The quantitative estimate of drug-likeness (QED) is 0.831. The lowest BCUT2D eigenvalue weighted by atomic mass is 10.1. The van der Waals surface area contributed by atoms with Gasteiger partial charge < -0.3 is 19.3 Å². The Morgan fingerprint density at radius 3 is 2.08 bits per heavy atom. The number of hydrogen-bond donors (Lipinski definition) is 1. The fourth-order valence-corrected chi connectivity index (χ4v) is 3.07. The molecule has 1 N–H and O–H groups in total. The maximum Gasteiger partial charge on any atom is 0.133 e. The van der Waals surface area contributed by atoms with Crippen molar-refractivity contribution in [1.82, 2.24) is 0 Å². The van der Waals surface area contributed by atoms with Gasteiger partial charge in [0.25, 0.3) is 0 Å². The minimum atomic E-state index is -1.20. The summed E-state index contributed by atoms with van der Waals surface area (Å²) in [5.74, 6) is 2.09. The van der Waals surface area contributed by atoms with Gasteiger partial charge in [-0.1, -0.05) is 12.1 Å². The number of aromatic hydroxyl groups is 1. The molecule has 0 amide bonds. The molecule has 5 nitrogen and oxygen atoms in total. The monoisotopic (exact) mass is 348 g/mol. The van der Waals surface area contributed by atoms with E-state index in [1.165, 1.54) is 26.4 Å². The molecule has 0 spiro atoms. The highest BCUT2D eigenvalue weighted by molar-refractivity contribution is 7.87. The third-order valence-corrected chi connectivity index (χ3v) is 4.44. The van der Waals surface area contributed by atoms with Crippen LogP contribution in [-0.4, -0.2) is 30.6 Å². The van der Waals surface area contributed by atoms with Gasteiger partial charge in [0.2, 0.25) is 0 Å². The number of ether oxygens (including phenoxy) is 3. The normalized spacial score (nSPS) is 12.1. The van der Waals surface area contributed by atoms with Gasteiger partial charge in [0.05, 0.1) is 43.4 Å². The largest absolute Gasteiger partial charge is 0.508 e. The van der Waals surface area contributed by atoms with E-state index in [9.17, 15) is 9.32 Å². The molecule has 0 aromatic heterocycles. The van der Waals surface area contributed by atoms with E-state index in [4.69, 9.17) is 14.2 Å². The maximum atomic E-state index is 12.3. The first-order chi connectivity index (χ1) is 11.6. The number of methoxy groups -OCH3 is 3. The van der Waals surface area contributed by atoms with E-state index in [1.807, 2.05) is 24.3 Å². The molecule has 2 aromatic rings. The average Bonchev–Trinajstić information content (AvgIpc) is 2.60. The van der Waals surface area contributed by atoms with E-state index in [2.05, 4.69) is 0 Å². The van der Waals surface area contributed by atoms with Crippen molar-refractivity contribution in [3.8, 4) is 23.0 Å². The molecule has 0 saturated carbocycles. The first kappa shape index (κ1) is 17.9. The summed E-state index contributed by atoms with van der Waals surface area (Å²) in [6, 6.07) is 10.4. The molecule has 2 aromatic carbocycles. The van der Waals surface area contributed by atoms with Gasteiger partial charge in [0.1, 0.15) is 23.0 Å². The van der Waals surface area contributed by atoms with Gasteiger partial charge in [0.15, 0.2) is 0 Å². The summed E-state index contributed by atoms with van der Waals surface area (Å²) in [5, 5.41) is 11.2. The lowest BCUT2D eigenvalue weighted by Crippen LogP contribution is -1.94. The zero-order chi connectivity index (χ0) is 17.5. The van der Waals surface area contributed by atoms with Gasteiger partial charge in [-0.15, -0.1) is 0 Å². The van der Waals surface area contributed by atoms with Crippen molar-refractivity contribution in [2.75, 3.05) is 21.3 Å². The van der Waals surface area contributed by atoms with Crippen LogP contribution in [0.1, 0.15) is 11.1 Å². The third-order valence-electron chi connectivity index (χ3n) is 3.38. The second kappa shape index (κ2) is 8.40. The van der Waals surface area contributed by atoms with Crippen molar-refractivity contribution in [3.05, 3.63) is 52.9 Å². The summed E-state index contributed by atoms with van der Waals surface area (Å²) in [4.78, 5) is 0. The summed E-state index contributed by atoms with van der Waals surface area (Å²) in [5.41, 5.74) is 1.57. The van der Waals surface area contributed by atoms with Gasteiger partial charge in [-0.3, -0.25) is 4.21 Å². The van der Waals surface area contributed by atoms with E-state index in [0.717, 1.165) is 11.3 Å². The van der Waals surface area contributed by atoms with Crippen LogP contribution in [0.3, 0.4) is 0 Å². The molecule has 24 heavy (non-hydrogen) atoms. The Balaban J connectivity index is 2.16. The first-order valence-electron chi connectivity index (χ1n) is 7.20. The summed E-state index contributed by atoms with van der Waals surface area (Å²) >= 11 is 0. The summed E-state index contributed by atoms with van der Waals surface area (Å²) < 4.78 is 27.9. The standard InChI is InChI=1S/C18H20O5S/c1-21-15-6-4-13(5-7-15)12-24(20)9-8-16-17(22-2)10-14(19)11-18(16)23-3/h4-11,19H,12H2,1-3H3/b9-8+. The molecular weight excluding hydrogens is 328 g/mol. The van der Waals surface area contributed by atoms with Crippen molar-refractivity contribution in [1.29, 1.82) is 0 Å². The van der Waals surface area contributed by atoms with Crippen LogP contribution in [0.25, 0.3) is 6.08 Å². The summed E-state index contributed by atoms with van der Waals surface area (Å²) in [6.45, 7) is 0. The molecule has 0 bridgehead atoms. The number of phenolic OH excluding ortho intramolecular Hbond substituents is 1. The average molecular weight is 348 g/mol. The van der Waals surface area contributed by atoms with Gasteiger partial charge in [-0.05, 0) is 23.8 Å². The molecule has 0 aliphatic heterocycles. The van der Waals surface area contributed by atoms with Crippen LogP contribution in [0, 0.1) is 0 Å². The lowest BCUT2D eigenvalue weighted by Gasteiger charge is -2.10. The minimum Gasteiger partial charge on any atom is -0.508 e. The first-order valence-corrected chi connectivity index (χ1v) is 8.59. The number of rotatable bonds is 7. The fraction of sp³-hybridized carbons (Fsp3) is 0.222. The lowest BCUT2D eigenvalue weighted by molar-refractivity contribution is 0.383. The van der Waals surface area contributed by atoms with E-state index < -0.39 is 10.8 Å². The van der Waals surface area contributed by atoms with E-state index in [1.54, 1.807) is 18.6 Å². The van der Waals surface area contributed by atoms with Crippen molar-refractivity contribution in [2.24, 2.45) is 0 Å². The zero-order valence-corrected chi connectivity index (χ0v) is 14.6. The van der Waals surface area contributed by atoms with Gasteiger partial charge in [-0.2, -0.15) is 0 Å². The van der Waals surface area contributed by atoms with E-state index in [0.29, 0.717) is 22.8 Å². The molecule has 0 radical (unpaired) electrons. The SMILES string of the molecule is COc1ccc(CS(=O)/C=C/c2c(OC)cc(O)cc2OC)cc1. The highest BCUT2D eigenvalue weighted by Gasteiger charge is 2.10. The topological polar surface area (TPSA) is 65.0 Å². The predicted molar refractivity (Wildman–Crippen MR) is 95.1 cm³/mol. The predicted octanol–water partition coefficient (Wildman–Crippen LogP) is 3.34. The van der Waals surface area contributed by atoms with Crippen LogP contribution in [0.2, 0.25) is 0 Å². The number of phenols is 1. The molecule has 6 heteroatoms. The van der Waals surface area contributed by atoms with Crippen molar-refractivity contribution < 1.29 is 23.5 Å². The smallest absolute Gasteiger partial charge is 0.133 e. The molecule has 0 aliphatic rings. The highest BCUT2D eigenvalue weighted by Crippen LogP contribution is 2.34. The van der Waals surface area contributed by atoms with Crippen LogP contribution >= 0.6 is 0 Å². The van der Waals surface area contributed by atoms with Crippen LogP contribution < -0.4 is 14.2 Å². The van der Waals surface area contributed by atoms with Gasteiger partial charge >= 0.3 is 0 Å².